The molecule has 1 amide bonds. The van der Waals surface area contributed by atoms with Crippen LogP contribution in [0.4, 0.5) is 28.4 Å². The number of aliphatic hydroxyl groups is 1. The van der Waals surface area contributed by atoms with Crippen molar-refractivity contribution in [3.63, 3.8) is 0 Å². The summed E-state index contributed by atoms with van der Waals surface area (Å²) in [6.45, 7) is 1.60. The van der Waals surface area contributed by atoms with Crippen molar-refractivity contribution in [3.05, 3.63) is 46.5 Å². The molecule has 10 heteroatoms. The molecular weight excluding hydrogens is 354 g/mol. The van der Waals surface area contributed by atoms with Gasteiger partial charge in [0.25, 0.3) is 5.69 Å². The Morgan fingerprint density at radius 2 is 1.93 bits per heavy atom. The van der Waals surface area contributed by atoms with Crippen LogP contribution in [-0.2, 0) is 4.79 Å². The summed E-state index contributed by atoms with van der Waals surface area (Å²) in [7, 11) is 1.48. The maximum atomic E-state index is 11.5. The van der Waals surface area contributed by atoms with Crippen LogP contribution in [0.25, 0.3) is 0 Å². The summed E-state index contributed by atoms with van der Waals surface area (Å²) in [5, 5.41) is 33.5. The Hall–Kier alpha value is -3.53. The Kier molecular flexibility index (Phi) is 6.78. The number of nitrogens with zero attached hydrogens (tertiary/aromatic N) is 3. The number of aliphatic hydroxyl groups excluding tert-OH is 1. The average Bonchev–Trinajstić information content (AvgIpc) is 2.65. The van der Waals surface area contributed by atoms with E-state index in [2.05, 4.69) is 20.9 Å². The maximum Gasteiger partial charge on any atom is 0.269 e. The van der Waals surface area contributed by atoms with Gasteiger partial charge in [0.1, 0.15) is 11.4 Å². The molecule has 0 saturated heterocycles. The summed E-state index contributed by atoms with van der Waals surface area (Å²) < 4.78 is 5.30. The van der Waals surface area contributed by atoms with Crippen molar-refractivity contribution in [2.45, 2.75) is 6.92 Å². The topological polar surface area (TPSA) is 138 Å². The van der Waals surface area contributed by atoms with Crippen LogP contribution in [0.5, 0.6) is 5.75 Å². The monoisotopic (exact) mass is 373 g/mol. The Bertz CT molecular complexity index is 852. The molecule has 0 heterocycles. The quantitative estimate of drug-likeness (QED) is 0.368. The number of hydrogen-bond acceptors (Lipinski definition) is 8. The highest BCUT2D eigenvalue weighted by Gasteiger charge is 2.12. The third-order valence-corrected chi connectivity index (χ3v) is 3.39. The molecule has 0 aliphatic heterocycles. The Balaban J connectivity index is 2.37. The molecule has 142 valence electrons. The fourth-order valence-electron chi connectivity index (χ4n) is 2.19. The van der Waals surface area contributed by atoms with Gasteiger partial charge in [0.05, 0.1) is 35.7 Å². The smallest absolute Gasteiger partial charge is 0.269 e. The molecule has 0 saturated carbocycles. The van der Waals surface area contributed by atoms with Crippen LogP contribution in [0.3, 0.4) is 0 Å². The van der Waals surface area contributed by atoms with Gasteiger partial charge in [-0.25, -0.2) is 0 Å². The van der Waals surface area contributed by atoms with Gasteiger partial charge in [0.15, 0.2) is 0 Å². The van der Waals surface area contributed by atoms with Crippen LogP contribution in [-0.4, -0.2) is 36.2 Å². The summed E-state index contributed by atoms with van der Waals surface area (Å²) >= 11 is 0. The van der Waals surface area contributed by atoms with Crippen molar-refractivity contribution in [1.82, 2.24) is 0 Å². The van der Waals surface area contributed by atoms with Crippen molar-refractivity contribution in [2.75, 3.05) is 30.9 Å². The standard InChI is InChI=1S/C17H19N5O5/c1-11(24)19-14-9-16(18-7-8-23)17(27-2)10-15(14)21-20-12-3-5-13(6-4-12)22(25)26/h3-6,9-10,18,23H,7-8H2,1-2H3,(H,19,24). The van der Waals surface area contributed by atoms with Gasteiger partial charge in [-0.3, -0.25) is 14.9 Å². The minimum atomic E-state index is -0.501. The number of anilines is 2. The Labute approximate surface area is 155 Å². The maximum absolute atomic E-state index is 11.5. The van der Waals surface area contributed by atoms with E-state index in [9.17, 15) is 14.9 Å². The van der Waals surface area contributed by atoms with Gasteiger partial charge in [0.2, 0.25) is 5.91 Å². The first kappa shape index (κ1) is 19.8. The largest absolute Gasteiger partial charge is 0.495 e. The summed E-state index contributed by atoms with van der Waals surface area (Å²) in [5.41, 5.74) is 1.68. The second-order valence-corrected chi connectivity index (χ2v) is 5.37. The molecule has 0 spiro atoms. The molecule has 10 nitrogen and oxygen atoms in total. The Morgan fingerprint density at radius 1 is 1.22 bits per heavy atom. The number of ether oxygens (including phenoxy) is 1. The van der Waals surface area contributed by atoms with Gasteiger partial charge < -0.3 is 20.5 Å². The highest BCUT2D eigenvalue weighted by molar-refractivity contribution is 5.93. The number of rotatable bonds is 8. The van der Waals surface area contributed by atoms with Crippen molar-refractivity contribution in [2.24, 2.45) is 10.2 Å². The van der Waals surface area contributed by atoms with Crippen LogP contribution >= 0.6 is 0 Å². The number of benzene rings is 2. The minimum Gasteiger partial charge on any atom is -0.495 e. The third kappa shape index (κ3) is 5.47. The van der Waals surface area contributed by atoms with Crippen molar-refractivity contribution in [1.29, 1.82) is 0 Å². The van der Waals surface area contributed by atoms with Gasteiger partial charge in [-0.2, -0.15) is 5.11 Å². The molecule has 0 aliphatic rings. The number of amides is 1. The van der Waals surface area contributed by atoms with Gasteiger partial charge in [-0.15, -0.1) is 5.11 Å². The second-order valence-electron chi connectivity index (χ2n) is 5.37. The van der Waals surface area contributed by atoms with E-state index in [1.165, 1.54) is 38.3 Å². The van der Waals surface area contributed by atoms with E-state index in [1.807, 2.05) is 0 Å². The first-order valence-electron chi connectivity index (χ1n) is 7.95. The molecule has 2 aromatic carbocycles. The van der Waals surface area contributed by atoms with E-state index >= 15 is 0 Å². The number of azo groups is 1. The first-order chi connectivity index (χ1) is 12.9. The number of nitro benzene ring substituents is 1. The molecule has 2 rings (SSSR count). The molecule has 0 bridgehead atoms. The van der Waals surface area contributed by atoms with Crippen LogP contribution in [0.1, 0.15) is 6.92 Å². The minimum absolute atomic E-state index is 0.0473. The van der Waals surface area contributed by atoms with Gasteiger partial charge in [-0.1, -0.05) is 0 Å². The van der Waals surface area contributed by atoms with Gasteiger partial charge in [0, 0.05) is 31.7 Å². The zero-order chi connectivity index (χ0) is 19.8. The van der Waals surface area contributed by atoms with Crippen LogP contribution in [0.15, 0.2) is 46.6 Å². The first-order valence-corrected chi connectivity index (χ1v) is 7.95. The summed E-state index contributed by atoms with van der Waals surface area (Å²) in [6, 6.07) is 8.79. The number of hydrogen-bond donors (Lipinski definition) is 3. The van der Waals surface area contributed by atoms with Crippen molar-refractivity contribution < 1.29 is 19.6 Å². The normalized spacial score (nSPS) is 10.6. The fourth-order valence-corrected chi connectivity index (χ4v) is 2.19. The number of non-ortho nitro benzene ring substituents is 1. The zero-order valence-electron chi connectivity index (χ0n) is 14.8. The van der Waals surface area contributed by atoms with E-state index < -0.39 is 4.92 Å². The number of nitrogens with one attached hydrogen (secondary N) is 2. The molecule has 0 unspecified atom stereocenters. The molecule has 0 atom stereocenters. The highest BCUT2D eigenvalue weighted by Crippen LogP contribution is 2.37. The van der Waals surface area contributed by atoms with E-state index in [-0.39, 0.29) is 18.2 Å². The Morgan fingerprint density at radius 3 is 2.48 bits per heavy atom. The van der Waals surface area contributed by atoms with E-state index in [4.69, 9.17) is 9.84 Å². The molecule has 0 aliphatic carbocycles. The van der Waals surface area contributed by atoms with Crippen molar-refractivity contribution in [3.8, 4) is 5.75 Å². The summed E-state index contributed by atoms with van der Waals surface area (Å²) in [6.07, 6.45) is 0. The van der Waals surface area contributed by atoms with E-state index in [1.54, 1.807) is 12.1 Å². The molecule has 0 aromatic heterocycles. The van der Waals surface area contributed by atoms with E-state index in [0.717, 1.165) is 0 Å². The van der Waals surface area contributed by atoms with Gasteiger partial charge >= 0.3 is 0 Å². The van der Waals surface area contributed by atoms with Crippen LogP contribution in [0.2, 0.25) is 0 Å². The van der Waals surface area contributed by atoms with Crippen LogP contribution in [0, 0.1) is 10.1 Å². The molecule has 27 heavy (non-hydrogen) atoms. The number of carbonyl (C=O) groups excluding carboxylic acids is 1. The van der Waals surface area contributed by atoms with Gasteiger partial charge in [-0.05, 0) is 18.2 Å². The predicted octanol–water partition coefficient (Wildman–Crippen LogP) is 3.38. The van der Waals surface area contributed by atoms with Crippen LogP contribution < -0.4 is 15.4 Å². The third-order valence-electron chi connectivity index (χ3n) is 3.39. The number of carbonyl (C=O) groups is 1. The lowest BCUT2D eigenvalue weighted by molar-refractivity contribution is -0.384. The summed E-state index contributed by atoms with van der Waals surface area (Å²) in [4.78, 5) is 21.7. The van der Waals surface area contributed by atoms with Crippen molar-refractivity contribution >= 4 is 34.3 Å². The molecule has 2 aromatic rings. The molecule has 0 radical (unpaired) electrons. The molecular formula is C17H19N5O5. The highest BCUT2D eigenvalue weighted by atomic mass is 16.6. The molecule has 3 N–H and O–H groups in total. The average molecular weight is 373 g/mol. The zero-order valence-corrected chi connectivity index (χ0v) is 14.8. The lowest BCUT2D eigenvalue weighted by atomic mass is 10.2. The fraction of sp³-hybridized carbons (Fsp3) is 0.235. The van der Waals surface area contributed by atoms with E-state index in [0.29, 0.717) is 35.0 Å². The number of nitro groups is 1. The summed E-state index contributed by atoms with van der Waals surface area (Å²) in [5.74, 6) is 0.162. The lowest BCUT2D eigenvalue weighted by Crippen LogP contribution is -2.09. The SMILES string of the molecule is COc1cc(N=Nc2ccc([N+](=O)[O-])cc2)c(NC(C)=O)cc1NCCO. The number of methoxy groups -OCH3 is 1. The second kappa shape index (κ2) is 9.25. The predicted molar refractivity (Wildman–Crippen MR) is 100 cm³/mol. The molecule has 0 fully saturated rings. The lowest BCUT2D eigenvalue weighted by Gasteiger charge is -2.14.